The number of phenolic OH excluding ortho intramolecular Hbond substituents is 1. The Hall–Kier alpha value is -2.49. The van der Waals surface area contributed by atoms with E-state index in [-0.39, 0.29) is 11.5 Å². The molecule has 0 aromatic heterocycles. The molecular weight excluding hydrogens is 244 g/mol. The molecule has 0 heterocycles. The van der Waals surface area contributed by atoms with E-state index in [0.717, 1.165) is 0 Å². The summed E-state index contributed by atoms with van der Waals surface area (Å²) in [6, 6.07) is 11.2. The molecule has 2 aromatic rings. The zero-order chi connectivity index (χ0) is 13.8. The van der Waals surface area contributed by atoms with Gasteiger partial charge in [0.25, 0.3) is 0 Å². The van der Waals surface area contributed by atoms with Crippen LogP contribution in [0.25, 0.3) is 0 Å². The second-order valence-corrected chi connectivity index (χ2v) is 3.94. The van der Waals surface area contributed by atoms with Crippen LogP contribution in [0.2, 0.25) is 0 Å². The Morgan fingerprint density at radius 3 is 2.26 bits per heavy atom. The molecule has 19 heavy (non-hydrogen) atoms. The molecule has 4 nitrogen and oxygen atoms in total. The van der Waals surface area contributed by atoms with Gasteiger partial charge >= 0.3 is 0 Å². The lowest BCUT2D eigenvalue weighted by molar-refractivity contribution is 0.103. The molecule has 0 unspecified atom stereocenters. The maximum atomic E-state index is 12.3. The predicted octanol–water partition coefficient (Wildman–Crippen LogP) is 2.64. The minimum atomic E-state index is -0.167. The smallest absolute Gasteiger partial charge is 0.196 e. The summed E-state index contributed by atoms with van der Waals surface area (Å²) in [4.78, 5) is 12.3. The Morgan fingerprint density at radius 1 is 1.00 bits per heavy atom. The summed E-state index contributed by atoms with van der Waals surface area (Å²) >= 11 is 0. The maximum absolute atomic E-state index is 12.3. The first-order chi connectivity index (χ1) is 9.15. The molecule has 0 amide bonds. The van der Waals surface area contributed by atoms with Crippen LogP contribution < -0.4 is 9.47 Å². The van der Waals surface area contributed by atoms with E-state index in [0.29, 0.717) is 22.6 Å². The number of hydrogen-bond donors (Lipinski definition) is 1. The van der Waals surface area contributed by atoms with Gasteiger partial charge in [0.1, 0.15) is 17.2 Å². The Bertz CT molecular complexity index is 588. The molecule has 0 saturated heterocycles. The molecule has 98 valence electrons. The van der Waals surface area contributed by atoms with E-state index in [4.69, 9.17) is 9.47 Å². The van der Waals surface area contributed by atoms with Crippen LogP contribution >= 0.6 is 0 Å². The first-order valence-electron chi connectivity index (χ1n) is 5.71. The zero-order valence-electron chi connectivity index (χ0n) is 10.7. The third kappa shape index (κ3) is 2.68. The van der Waals surface area contributed by atoms with Crippen LogP contribution in [0.3, 0.4) is 0 Å². The molecule has 0 bridgehead atoms. The van der Waals surface area contributed by atoms with Crippen molar-refractivity contribution in [2.45, 2.75) is 0 Å². The van der Waals surface area contributed by atoms with Gasteiger partial charge in [-0.25, -0.2) is 0 Å². The summed E-state index contributed by atoms with van der Waals surface area (Å²) in [6.45, 7) is 0. The summed E-state index contributed by atoms with van der Waals surface area (Å²) in [7, 11) is 3.03. The van der Waals surface area contributed by atoms with Gasteiger partial charge in [-0.05, 0) is 36.4 Å². The lowest BCUT2D eigenvalue weighted by Gasteiger charge is -2.08. The van der Waals surface area contributed by atoms with Crippen LogP contribution in [0.1, 0.15) is 15.9 Å². The maximum Gasteiger partial charge on any atom is 0.196 e. The van der Waals surface area contributed by atoms with Crippen LogP contribution in [0.15, 0.2) is 42.5 Å². The second kappa shape index (κ2) is 5.44. The number of ketones is 1. The molecule has 0 aliphatic heterocycles. The number of ether oxygens (including phenoxy) is 2. The number of carbonyl (C=O) groups excluding carboxylic acids is 1. The Morgan fingerprint density at radius 2 is 1.68 bits per heavy atom. The number of rotatable bonds is 4. The Labute approximate surface area is 111 Å². The molecular formula is C15H14O4. The summed E-state index contributed by atoms with van der Waals surface area (Å²) in [5, 5.41) is 9.38. The van der Waals surface area contributed by atoms with Gasteiger partial charge in [0, 0.05) is 11.6 Å². The third-order valence-electron chi connectivity index (χ3n) is 2.78. The Balaban J connectivity index is 2.37. The van der Waals surface area contributed by atoms with Gasteiger partial charge in [-0.15, -0.1) is 0 Å². The fraction of sp³-hybridized carbons (Fsp3) is 0.133. The number of methoxy groups -OCH3 is 2. The molecule has 2 rings (SSSR count). The topological polar surface area (TPSA) is 55.8 Å². The predicted molar refractivity (Wildman–Crippen MR) is 71.1 cm³/mol. The van der Waals surface area contributed by atoms with Crippen LogP contribution in [0.4, 0.5) is 0 Å². The highest BCUT2D eigenvalue weighted by molar-refractivity contribution is 6.10. The van der Waals surface area contributed by atoms with Crippen molar-refractivity contribution in [3.8, 4) is 17.2 Å². The highest BCUT2D eigenvalue weighted by Gasteiger charge is 2.14. The highest BCUT2D eigenvalue weighted by Crippen LogP contribution is 2.26. The van der Waals surface area contributed by atoms with Crippen molar-refractivity contribution >= 4 is 5.78 Å². The molecule has 4 heteroatoms. The normalized spacial score (nSPS) is 10.0. The van der Waals surface area contributed by atoms with E-state index in [1.54, 1.807) is 37.4 Å². The molecule has 0 spiro atoms. The average molecular weight is 258 g/mol. The van der Waals surface area contributed by atoms with Crippen molar-refractivity contribution in [3.05, 3.63) is 53.6 Å². The van der Waals surface area contributed by atoms with Crippen LogP contribution in [-0.4, -0.2) is 25.1 Å². The van der Waals surface area contributed by atoms with Crippen molar-refractivity contribution in [3.63, 3.8) is 0 Å². The van der Waals surface area contributed by atoms with Gasteiger partial charge in [-0.3, -0.25) is 4.79 Å². The van der Waals surface area contributed by atoms with Crippen molar-refractivity contribution in [1.29, 1.82) is 0 Å². The summed E-state index contributed by atoms with van der Waals surface area (Å²) in [5.41, 5.74) is 0.940. The molecule has 0 aliphatic rings. The van der Waals surface area contributed by atoms with Crippen molar-refractivity contribution < 1.29 is 19.4 Å². The van der Waals surface area contributed by atoms with E-state index >= 15 is 0 Å². The SMILES string of the molecule is COc1ccc(C(=O)c2ccc(O)cc2OC)cc1. The molecule has 0 fully saturated rings. The van der Waals surface area contributed by atoms with E-state index in [9.17, 15) is 9.90 Å². The number of benzene rings is 2. The van der Waals surface area contributed by atoms with Gasteiger partial charge in [0.05, 0.1) is 19.8 Å². The lowest BCUT2D eigenvalue weighted by Crippen LogP contribution is -2.03. The van der Waals surface area contributed by atoms with E-state index in [2.05, 4.69) is 0 Å². The van der Waals surface area contributed by atoms with Gasteiger partial charge in [0.15, 0.2) is 5.78 Å². The molecule has 0 atom stereocenters. The third-order valence-corrected chi connectivity index (χ3v) is 2.78. The van der Waals surface area contributed by atoms with E-state index in [1.807, 2.05) is 0 Å². The fourth-order valence-electron chi connectivity index (χ4n) is 1.77. The first-order valence-corrected chi connectivity index (χ1v) is 5.71. The summed E-state index contributed by atoms with van der Waals surface area (Å²) < 4.78 is 10.2. The van der Waals surface area contributed by atoms with Gasteiger partial charge in [-0.1, -0.05) is 0 Å². The monoisotopic (exact) mass is 258 g/mol. The lowest BCUT2D eigenvalue weighted by atomic mass is 10.0. The molecule has 2 aromatic carbocycles. The van der Waals surface area contributed by atoms with Crippen LogP contribution in [0, 0.1) is 0 Å². The Kier molecular flexibility index (Phi) is 3.71. The zero-order valence-corrected chi connectivity index (χ0v) is 10.7. The number of aromatic hydroxyl groups is 1. The highest BCUT2D eigenvalue weighted by atomic mass is 16.5. The summed E-state index contributed by atoms with van der Waals surface area (Å²) in [6.07, 6.45) is 0. The van der Waals surface area contributed by atoms with Crippen molar-refractivity contribution in [2.75, 3.05) is 14.2 Å². The van der Waals surface area contributed by atoms with E-state index in [1.165, 1.54) is 19.2 Å². The quantitative estimate of drug-likeness (QED) is 0.856. The molecule has 1 N–H and O–H groups in total. The molecule has 0 aliphatic carbocycles. The second-order valence-electron chi connectivity index (χ2n) is 3.94. The summed E-state index contributed by atoms with van der Waals surface area (Å²) in [5.74, 6) is 0.928. The van der Waals surface area contributed by atoms with Crippen LogP contribution in [-0.2, 0) is 0 Å². The average Bonchev–Trinajstić information content (AvgIpc) is 2.46. The molecule has 0 saturated carbocycles. The van der Waals surface area contributed by atoms with Crippen molar-refractivity contribution in [1.82, 2.24) is 0 Å². The van der Waals surface area contributed by atoms with Gasteiger partial charge in [-0.2, -0.15) is 0 Å². The van der Waals surface area contributed by atoms with Crippen molar-refractivity contribution in [2.24, 2.45) is 0 Å². The van der Waals surface area contributed by atoms with Crippen LogP contribution in [0.5, 0.6) is 17.2 Å². The van der Waals surface area contributed by atoms with E-state index < -0.39 is 0 Å². The molecule has 0 radical (unpaired) electrons. The standard InChI is InChI=1S/C15H14O4/c1-18-12-6-3-10(4-7-12)15(17)13-8-5-11(16)9-14(13)19-2/h3-9,16H,1-2H3. The number of hydrogen-bond acceptors (Lipinski definition) is 4. The van der Waals surface area contributed by atoms with Gasteiger partial charge in [0.2, 0.25) is 0 Å². The number of carbonyl (C=O) groups is 1. The minimum absolute atomic E-state index is 0.0585. The minimum Gasteiger partial charge on any atom is -0.508 e. The fourth-order valence-corrected chi connectivity index (χ4v) is 1.77. The first kappa shape index (κ1) is 13.0. The number of phenols is 1. The largest absolute Gasteiger partial charge is 0.508 e. The van der Waals surface area contributed by atoms with Gasteiger partial charge < -0.3 is 14.6 Å².